The number of carbonyl (C=O) groups is 1. The number of hydrogen-bond donors (Lipinski definition) is 2. The van der Waals surface area contributed by atoms with Crippen molar-refractivity contribution in [1.82, 2.24) is 4.98 Å². The number of rotatable bonds is 6. The average molecular weight is 340 g/mol. The van der Waals surface area contributed by atoms with Crippen molar-refractivity contribution in [3.63, 3.8) is 0 Å². The Hall–Kier alpha value is -2.70. The van der Waals surface area contributed by atoms with E-state index in [1.807, 2.05) is 24.3 Å². The van der Waals surface area contributed by atoms with Gasteiger partial charge in [0.1, 0.15) is 17.4 Å². The maximum Gasteiger partial charge on any atom is 0.248 e. The van der Waals surface area contributed by atoms with Crippen molar-refractivity contribution in [3.05, 3.63) is 59.6 Å². The maximum atomic E-state index is 12.0. The lowest BCUT2D eigenvalue weighted by Gasteiger charge is -2.06. The number of thiazole rings is 1. The summed E-state index contributed by atoms with van der Waals surface area (Å²) < 4.78 is 6.36. The highest BCUT2D eigenvalue weighted by Crippen LogP contribution is 2.22. The SMILES string of the molecule is O=C(/C=C/c1nc2ccccc2s1)Nc1ccc(OCCO)cc1. The topological polar surface area (TPSA) is 71.5 Å². The number of ether oxygens (including phenoxy) is 1. The van der Waals surface area contributed by atoms with Gasteiger partial charge in [-0.1, -0.05) is 12.1 Å². The first-order chi connectivity index (χ1) is 11.7. The lowest BCUT2D eigenvalue weighted by molar-refractivity contribution is -0.111. The molecule has 2 N–H and O–H groups in total. The first kappa shape index (κ1) is 16.2. The summed E-state index contributed by atoms with van der Waals surface area (Å²) in [5, 5.41) is 12.3. The van der Waals surface area contributed by atoms with E-state index in [0.717, 1.165) is 15.2 Å². The van der Waals surface area contributed by atoms with Crippen molar-refractivity contribution in [3.8, 4) is 5.75 Å². The number of nitrogens with zero attached hydrogens (tertiary/aromatic N) is 1. The molecule has 1 aromatic heterocycles. The average Bonchev–Trinajstić information content (AvgIpc) is 3.02. The number of amides is 1. The van der Waals surface area contributed by atoms with Gasteiger partial charge in [-0.25, -0.2) is 4.98 Å². The van der Waals surface area contributed by atoms with Crippen molar-refractivity contribution >= 4 is 39.2 Å². The van der Waals surface area contributed by atoms with E-state index < -0.39 is 0 Å². The molecule has 0 aliphatic rings. The van der Waals surface area contributed by atoms with Gasteiger partial charge in [-0.3, -0.25) is 4.79 Å². The molecular weight excluding hydrogens is 324 g/mol. The van der Waals surface area contributed by atoms with Gasteiger partial charge in [0.2, 0.25) is 5.91 Å². The fourth-order valence-corrected chi connectivity index (χ4v) is 2.96. The van der Waals surface area contributed by atoms with E-state index in [-0.39, 0.29) is 19.1 Å². The molecule has 3 rings (SSSR count). The minimum Gasteiger partial charge on any atom is -0.491 e. The van der Waals surface area contributed by atoms with Crippen LogP contribution in [-0.4, -0.2) is 29.2 Å². The van der Waals surface area contributed by atoms with Gasteiger partial charge in [-0.15, -0.1) is 11.3 Å². The molecule has 1 amide bonds. The summed E-state index contributed by atoms with van der Waals surface area (Å²) in [5.74, 6) is 0.422. The molecule has 0 spiro atoms. The Labute approximate surface area is 143 Å². The Balaban J connectivity index is 1.60. The summed E-state index contributed by atoms with van der Waals surface area (Å²) >= 11 is 1.54. The molecule has 0 fully saturated rings. The van der Waals surface area contributed by atoms with Crippen molar-refractivity contribution < 1.29 is 14.6 Å². The highest BCUT2D eigenvalue weighted by Gasteiger charge is 2.02. The molecule has 24 heavy (non-hydrogen) atoms. The Kier molecular flexibility index (Phi) is 5.20. The van der Waals surface area contributed by atoms with Crippen LogP contribution in [0.5, 0.6) is 5.75 Å². The molecular formula is C18H16N2O3S. The largest absolute Gasteiger partial charge is 0.491 e. The van der Waals surface area contributed by atoms with Gasteiger partial charge in [-0.05, 0) is 42.5 Å². The third-order valence-electron chi connectivity index (χ3n) is 3.17. The molecule has 0 saturated heterocycles. The molecule has 0 aliphatic carbocycles. The fourth-order valence-electron chi connectivity index (χ4n) is 2.09. The number of aliphatic hydroxyl groups is 1. The van der Waals surface area contributed by atoms with Gasteiger partial charge >= 0.3 is 0 Å². The number of hydrogen-bond acceptors (Lipinski definition) is 5. The standard InChI is InChI=1S/C18H16N2O3S/c21-11-12-23-14-7-5-13(6-8-14)19-17(22)9-10-18-20-15-3-1-2-4-16(15)24-18/h1-10,21H,11-12H2,(H,19,22)/b10-9+. The molecule has 0 unspecified atom stereocenters. The summed E-state index contributed by atoms with van der Waals surface area (Å²) in [6, 6.07) is 14.8. The summed E-state index contributed by atoms with van der Waals surface area (Å²) in [5.41, 5.74) is 1.60. The predicted octanol–water partition coefficient (Wildman–Crippen LogP) is 3.32. The lowest BCUT2D eigenvalue weighted by Crippen LogP contribution is -2.07. The van der Waals surface area contributed by atoms with E-state index >= 15 is 0 Å². The second kappa shape index (κ2) is 7.72. The van der Waals surface area contributed by atoms with Crippen molar-refractivity contribution in [1.29, 1.82) is 0 Å². The Morgan fingerprint density at radius 1 is 1.21 bits per heavy atom. The number of carbonyl (C=O) groups excluding carboxylic acids is 1. The molecule has 0 bridgehead atoms. The molecule has 5 nitrogen and oxygen atoms in total. The Morgan fingerprint density at radius 2 is 2.00 bits per heavy atom. The molecule has 0 radical (unpaired) electrons. The monoisotopic (exact) mass is 340 g/mol. The second-order valence-corrected chi connectivity index (χ2v) is 6.00. The van der Waals surface area contributed by atoms with E-state index in [2.05, 4.69) is 10.3 Å². The minimum absolute atomic E-state index is 0.0327. The van der Waals surface area contributed by atoms with E-state index in [0.29, 0.717) is 11.4 Å². The van der Waals surface area contributed by atoms with E-state index in [1.54, 1.807) is 41.7 Å². The predicted molar refractivity (Wildman–Crippen MR) is 96.3 cm³/mol. The lowest BCUT2D eigenvalue weighted by atomic mass is 10.3. The Morgan fingerprint density at radius 3 is 2.75 bits per heavy atom. The normalized spacial score (nSPS) is 11.0. The van der Waals surface area contributed by atoms with Gasteiger partial charge in [0.05, 0.1) is 16.8 Å². The molecule has 3 aromatic rings. The minimum atomic E-state index is -0.224. The second-order valence-electron chi connectivity index (χ2n) is 4.94. The number of benzene rings is 2. The highest BCUT2D eigenvalue weighted by molar-refractivity contribution is 7.19. The van der Waals surface area contributed by atoms with Gasteiger partial charge in [0.15, 0.2) is 0 Å². The van der Waals surface area contributed by atoms with Gasteiger partial charge in [0, 0.05) is 11.8 Å². The van der Waals surface area contributed by atoms with E-state index in [9.17, 15) is 4.79 Å². The quantitative estimate of drug-likeness (QED) is 0.675. The smallest absolute Gasteiger partial charge is 0.248 e. The number of aliphatic hydroxyl groups excluding tert-OH is 1. The third kappa shape index (κ3) is 4.18. The molecule has 1 heterocycles. The van der Waals surface area contributed by atoms with Crippen LogP contribution >= 0.6 is 11.3 Å². The van der Waals surface area contributed by atoms with Crippen LogP contribution in [0.3, 0.4) is 0 Å². The number of aromatic nitrogens is 1. The van der Waals surface area contributed by atoms with E-state index in [4.69, 9.17) is 9.84 Å². The number of anilines is 1. The first-order valence-electron chi connectivity index (χ1n) is 7.43. The molecule has 0 atom stereocenters. The van der Waals surface area contributed by atoms with Crippen molar-refractivity contribution in [2.45, 2.75) is 0 Å². The molecule has 6 heteroatoms. The summed E-state index contributed by atoms with van der Waals surface area (Å²) in [7, 11) is 0. The zero-order chi connectivity index (χ0) is 16.8. The van der Waals surface area contributed by atoms with Crippen LogP contribution in [0.4, 0.5) is 5.69 Å². The fraction of sp³-hybridized carbons (Fsp3) is 0.111. The zero-order valence-electron chi connectivity index (χ0n) is 12.8. The van der Waals surface area contributed by atoms with Gasteiger partial charge in [-0.2, -0.15) is 0 Å². The van der Waals surface area contributed by atoms with Gasteiger partial charge in [0.25, 0.3) is 0 Å². The van der Waals surface area contributed by atoms with Crippen LogP contribution < -0.4 is 10.1 Å². The number of para-hydroxylation sites is 1. The molecule has 0 saturated carbocycles. The van der Waals surface area contributed by atoms with Crippen LogP contribution in [0.25, 0.3) is 16.3 Å². The van der Waals surface area contributed by atoms with Crippen LogP contribution in [0.15, 0.2) is 54.6 Å². The van der Waals surface area contributed by atoms with Crippen LogP contribution in [0.2, 0.25) is 0 Å². The van der Waals surface area contributed by atoms with Crippen molar-refractivity contribution in [2.75, 3.05) is 18.5 Å². The van der Waals surface area contributed by atoms with Crippen molar-refractivity contribution in [2.24, 2.45) is 0 Å². The van der Waals surface area contributed by atoms with Crippen LogP contribution in [0.1, 0.15) is 5.01 Å². The molecule has 2 aromatic carbocycles. The van der Waals surface area contributed by atoms with Crippen LogP contribution in [0, 0.1) is 0 Å². The van der Waals surface area contributed by atoms with Crippen LogP contribution in [-0.2, 0) is 4.79 Å². The van der Waals surface area contributed by atoms with Gasteiger partial charge < -0.3 is 15.2 Å². The summed E-state index contributed by atoms with van der Waals surface area (Å²) in [4.78, 5) is 16.4. The molecule has 0 aliphatic heterocycles. The molecule has 122 valence electrons. The number of fused-ring (bicyclic) bond motifs is 1. The first-order valence-corrected chi connectivity index (χ1v) is 8.24. The highest BCUT2D eigenvalue weighted by atomic mass is 32.1. The summed E-state index contributed by atoms with van der Waals surface area (Å²) in [6.45, 7) is 0.214. The van der Waals surface area contributed by atoms with E-state index in [1.165, 1.54) is 6.08 Å². The summed E-state index contributed by atoms with van der Waals surface area (Å²) in [6.07, 6.45) is 3.17. The number of nitrogens with one attached hydrogen (secondary N) is 1. The maximum absolute atomic E-state index is 12.0. The third-order valence-corrected chi connectivity index (χ3v) is 4.17. The Bertz CT molecular complexity index is 823. The zero-order valence-corrected chi connectivity index (χ0v) is 13.6.